The van der Waals surface area contributed by atoms with E-state index in [1.165, 1.54) is 4.52 Å². The van der Waals surface area contributed by atoms with Gasteiger partial charge < -0.3 is 24.3 Å². The van der Waals surface area contributed by atoms with Gasteiger partial charge in [-0.25, -0.2) is 4.79 Å². The Balaban J connectivity index is 1.29. The van der Waals surface area contributed by atoms with Gasteiger partial charge in [-0.05, 0) is 82.6 Å². The number of halogens is 4. The number of hydrogen-bond donors (Lipinski definition) is 1. The summed E-state index contributed by atoms with van der Waals surface area (Å²) in [6.07, 6.45) is 0.166. The molecule has 15 heteroatoms. The van der Waals surface area contributed by atoms with Crippen LogP contribution in [0.5, 0.6) is 0 Å². The Hall–Kier alpha value is -3.91. The molecule has 2 unspecified atom stereocenters. The Labute approximate surface area is 279 Å². The fourth-order valence-corrected chi connectivity index (χ4v) is 7.64. The van der Waals surface area contributed by atoms with E-state index in [-0.39, 0.29) is 34.5 Å². The molecule has 256 valence electrons. The van der Waals surface area contributed by atoms with Crippen molar-refractivity contribution in [3.8, 4) is 0 Å². The van der Waals surface area contributed by atoms with Crippen LogP contribution in [0, 0.1) is 5.92 Å². The third-order valence-corrected chi connectivity index (χ3v) is 10.0. The van der Waals surface area contributed by atoms with E-state index >= 15 is 0 Å². The topological polar surface area (TPSA) is 120 Å². The van der Waals surface area contributed by atoms with Crippen LogP contribution < -0.4 is 10.9 Å². The van der Waals surface area contributed by atoms with Crippen molar-refractivity contribution >= 4 is 40.6 Å². The van der Waals surface area contributed by atoms with E-state index in [1.807, 2.05) is 26.8 Å². The molecule has 2 atom stereocenters. The average molecular weight is 689 g/mol. The van der Waals surface area contributed by atoms with Crippen LogP contribution in [0.2, 0.25) is 5.02 Å². The van der Waals surface area contributed by atoms with Gasteiger partial charge in [-0.1, -0.05) is 17.7 Å². The van der Waals surface area contributed by atoms with Gasteiger partial charge in [-0.2, -0.15) is 22.7 Å². The van der Waals surface area contributed by atoms with Gasteiger partial charge in [0.1, 0.15) is 12.1 Å². The lowest BCUT2D eigenvalue weighted by Crippen LogP contribution is -2.51. The fraction of sp³-hybridized carbons (Fsp3) is 0.545. The van der Waals surface area contributed by atoms with Crippen molar-refractivity contribution in [1.29, 1.82) is 0 Å². The number of carbonyl (C=O) groups excluding carboxylic acids is 2. The van der Waals surface area contributed by atoms with Crippen molar-refractivity contribution in [3.05, 3.63) is 62.3 Å². The molecule has 11 nitrogen and oxygen atoms in total. The van der Waals surface area contributed by atoms with Crippen LogP contribution in [0.3, 0.4) is 0 Å². The molecule has 4 aliphatic rings. The van der Waals surface area contributed by atoms with Crippen LogP contribution in [0.15, 0.2) is 29.1 Å². The Kier molecular flexibility index (Phi) is 7.89. The van der Waals surface area contributed by atoms with Crippen molar-refractivity contribution in [3.63, 3.8) is 0 Å². The standard InChI is InChI=1S/C33H36ClF3N6O5/c1-31(2,3)48-30(46)41-10-8-32(9-11-41)16-19-14-21(19)26-25(32)28(45)43-29(39-27(40-43)18-6-12-47-13-7-18)42(26)17-24(44)38-23-5-4-20(15-22(23)34)33(35,36)37/h4-6,15,19,21H,7-14,16-17H2,1-3H3,(H,38,44). The molecule has 2 aliphatic carbocycles. The highest BCUT2D eigenvalue weighted by molar-refractivity contribution is 6.33. The quantitative estimate of drug-likeness (QED) is 0.369. The van der Waals surface area contributed by atoms with E-state index in [4.69, 9.17) is 26.1 Å². The van der Waals surface area contributed by atoms with Gasteiger partial charge in [0, 0.05) is 35.7 Å². The molecular formula is C33H36ClF3N6O5. The Morgan fingerprint density at radius 3 is 2.58 bits per heavy atom. The maximum absolute atomic E-state index is 14.5. The van der Waals surface area contributed by atoms with E-state index in [0.29, 0.717) is 62.9 Å². The summed E-state index contributed by atoms with van der Waals surface area (Å²) < 4.78 is 53.7. The van der Waals surface area contributed by atoms with Crippen LogP contribution in [0.1, 0.15) is 81.4 Å². The summed E-state index contributed by atoms with van der Waals surface area (Å²) in [5, 5.41) is 7.05. The number of fused-ring (bicyclic) bond motifs is 5. The maximum atomic E-state index is 14.5. The van der Waals surface area contributed by atoms with E-state index < -0.39 is 34.8 Å². The summed E-state index contributed by atoms with van der Waals surface area (Å²) in [7, 11) is 0. The smallest absolute Gasteiger partial charge is 0.416 e. The van der Waals surface area contributed by atoms with E-state index in [2.05, 4.69) is 10.4 Å². The number of rotatable bonds is 4. The van der Waals surface area contributed by atoms with E-state index in [9.17, 15) is 27.6 Å². The Morgan fingerprint density at radius 2 is 1.94 bits per heavy atom. The first-order valence-corrected chi connectivity index (χ1v) is 16.5. The molecule has 1 spiro atoms. The van der Waals surface area contributed by atoms with Gasteiger partial charge in [0.05, 0.1) is 29.5 Å². The molecule has 7 rings (SSSR count). The van der Waals surface area contributed by atoms with Gasteiger partial charge in [0.25, 0.3) is 5.56 Å². The number of carbonyl (C=O) groups is 2. The van der Waals surface area contributed by atoms with E-state index in [0.717, 1.165) is 42.3 Å². The molecule has 0 radical (unpaired) electrons. The average Bonchev–Trinajstić information content (AvgIpc) is 3.63. The number of nitrogens with one attached hydrogen (secondary N) is 1. The van der Waals surface area contributed by atoms with Gasteiger partial charge in [0.2, 0.25) is 11.7 Å². The Bertz CT molecular complexity index is 1900. The SMILES string of the molecule is CC(C)(C)OC(=O)N1CCC2(CC1)CC1CC1c1c2c(=O)n2nc(C3=CCOCC3)nc2n1CC(=O)Nc1ccc(C(F)(F)F)cc1Cl. The van der Waals surface area contributed by atoms with Crippen molar-refractivity contribution in [2.45, 2.75) is 82.5 Å². The monoisotopic (exact) mass is 688 g/mol. The number of ether oxygens (including phenoxy) is 2. The predicted molar refractivity (Wildman–Crippen MR) is 170 cm³/mol. The first-order chi connectivity index (χ1) is 22.6. The molecule has 1 aromatic carbocycles. The van der Waals surface area contributed by atoms with Crippen molar-refractivity contribution in [2.75, 3.05) is 31.6 Å². The zero-order valence-corrected chi connectivity index (χ0v) is 27.6. The third kappa shape index (κ3) is 5.97. The lowest BCUT2D eigenvalue weighted by Gasteiger charge is -2.45. The molecule has 1 saturated heterocycles. The van der Waals surface area contributed by atoms with Crippen molar-refractivity contribution in [1.82, 2.24) is 24.1 Å². The van der Waals surface area contributed by atoms with Gasteiger partial charge in [0.15, 0.2) is 5.82 Å². The number of anilines is 1. The van der Waals surface area contributed by atoms with Crippen molar-refractivity contribution < 1.29 is 32.2 Å². The normalized spacial score (nSPS) is 21.8. The Morgan fingerprint density at radius 1 is 1.19 bits per heavy atom. The summed E-state index contributed by atoms with van der Waals surface area (Å²) >= 11 is 6.16. The molecule has 2 aliphatic heterocycles. The number of likely N-dealkylation sites (tertiary alicyclic amines) is 1. The summed E-state index contributed by atoms with van der Waals surface area (Å²) in [4.78, 5) is 47.5. The van der Waals surface area contributed by atoms with Crippen LogP contribution in [0.25, 0.3) is 11.4 Å². The second kappa shape index (κ2) is 11.6. The number of benzene rings is 1. The largest absolute Gasteiger partial charge is 0.444 e. The molecule has 2 amide bonds. The number of amides is 2. The number of alkyl halides is 3. The highest BCUT2D eigenvalue weighted by atomic mass is 35.5. The molecule has 0 bridgehead atoms. The molecule has 48 heavy (non-hydrogen) atoms. The molecular weight excluding hydrogens is 653 g/mol. The number of nitrogens with zero attached hydrogens (tertiary/aromatic N) is 5. The summed E-state index contributed by atoms with van der Waals surface area (Å²) in [5.74, 6) is 0.377. The van der Waals surface area contributed by atoms with Gasteiger partial charge in [-0.15, -0.1) is 5.10 Å². The lowest BCUT2D eigenvalue weighted by molar-refractivity contribution is -0.137. The van der Waals surface area contributed by atoms with Crippen LogP contribution in [0.4, 0.5) is 23.7 Å². The van der Waals surface area contributed by atoms with E-state index in [1.54, 1.807) is 9.47 Å². The van der Waals surface area contributed by atoms with Gasteiger partial charge in [-0.3, -0.25) is 9.59 Å². The molecule has 4 heterocycles. The summed E-state index contributed by atoms with van der Waals surface area (Å²) in [6, 6.07) is 2.75. The molecule has 2 aromatic heterocycles. The summed E-state index contributed by atoms with van der Waals surface area (Å²) in [5.41, 5.74) is -0.202. The first kappa shape index (κ1) is 32.6. The molecule has 3 aromatic rings. The zero-order chi connectivity index (χ0) is 34.2. The lowest BCUT2D eigenvalue weighted by atomic mass is 9.66. The number of aromatic nitrogens is 4. The third-order valence-electron chi connectivity index (χ3n) is 9.74. The van der Waals surface area contributed by atoms with Crippen LogP contribution >= 0.6 is 11.6 Å². The minimum atomic E-state index is -4.59. The molecule has 1 N–H and O–H groups in total. The zero-order valence-electron chi connectivity index (χ0n) is 26.8. The minimum Gasteiger partial charge on any atom is -0.444 e. The summed E-state index contributed by atoms with van der Waals surface area (Å²) in [6.45, 7) is 6.88. The highest BCUT2D eigenvalue weighted by Gasteiger charge is 2.56. The number of hydrogen-bond acceptors (Lipinski definition) is 7. The fourth-order valence-electron chi connectivity index (χ4n) is 7.42. The number of piperidine rings is 1. The second-order valence-electron chi connectivity index (χ2n) is 14.1. The maximum Gasteiger partial charge on any atom is 0.416 e. The predicted octanol–water partition coefficient (Wildman–Crippen LogP) is 5.78. The molecule has 2 fully saturated rings. The highest BCUT2D eigenvalue weighted by Crippen LogP contribution is 2.61. The van der Waals surface area contributed by atoms with Gasteiger partial charge >= 0.3 is 12.3 Å². The second-order valence-corrected chi connectivity index (χ2v) is 14.6. The van der Waals surface area contributed by atoms with Crippen LogP contribution in [-0.4, -0.2) is 68.0 Å². The minimum absolute atomic E-state index is 0.0328. The first-order valence-electron chi connectivity index (χ1n) is 16.1. The van der Waals surface area contributed by atoms with Crippen LogP contribution in [-0.2, 0) is 32.4 Å². The van der Waals surface area contributed by atoms with Crippen molar-refractivity contribution in [2.24, 2.45) is 5.92 Å². The molecule has 1 saturated carbocycles.